The predicted molar refractivity (Wildman–Crippen MR) is 65.3 cm³/mol. The molecule has 1 aromatic rings. The molecule has 2 N–H and O–H groups in total. The van der Waals surface area contributed by atoms with Crippen molar-refractivity contribution in [2.24, 2.45) is 5.73 Å². The minimum atomic E-state index is -0.472. The molecule has 5 heteroatoms. The summed E-state index contributed by atoms with van der Waals surface area (Å²) < 4.78 is 10.6. The topological polar surface area (TPSA) is 64.8 Å². The van der Waals surface area contributed by atoms with Crippen LogP contribution in [0.2, 0.25) is 0 Å². The van der Waals surface area contributed by atoms with Crippen molar-refractivity contribution < 1.29 is 14.3 Å². The van der Waals surface area contributed by atoms with E-state index >= 15 is 0 Å². The van der Waals surface area contributed by atoms with Crippen molar-refractivity contribution in [1.29, 1.82) is 0 Å². The first-order chi connectivity index (χ1) is 8.01. The number of ether oxygens (including phenoxy) is 2. The lowest BCUT2D eigenvalue weighted by atomic mass is 10.1. The third kappa shape index (κ3) is 2.81. The molecule has 0 spiro atoms. The molecule has 0 fully saturated rings. The van der Waals surface area contributed by atoms with Gasteiger partial charge in [-0.05, 0) is 19.1 Å². The molecule has 0 heterocycles. The zero-order chi connectivity index (χ0) is 13.0. The Balaban J connectivity index is 3.08. The largest absolute Gasteiger partial charge is 0.496 e. The van der Waals surface area contributed by atoms with Crippen LogP contribution < -0.4 is 15.2 Å². The van der Waals surface area contributed by atoms with Crippen LogP contribution in [0.15, 0.2) is 12.1 Å². The van der Waals surface area contributed by atoms with E-state index in [-0.39, 0.29) is 0 Å². The number of urea groups is 1. The number of amides is 2. The number of primary amides is 1. The van der Waals surface area contributed by atoms with Crippen LogP contribution in [0.4, 0.5) is 4.79 Å². The van der Waals surface area contributed by atoms with Crippen LogP contribution >= 0.6 is 0 Å². The van der Waals surface area contributed by atoms with Gasteiger partial charge in [0, 0.05) is 18.2 Å². The van der Waals surface area contributed by atoms with Crippen LogP contribution in [0.25, 0.3) is 0 Å². The zero-order valence-electron chi connectivity index (χ0n) is 10.6. The van der Waals surface area contributed by atoms with E-state index in [4.69, 9.17) is 15.2 Å². The molecular weight excluding hydrogens is 220 g/mol. The van der Waals surface area contributed by atoms with Gasteiger partial charge < -0.3 is 20.1 Å². The van der Waals surface area contributed by atoms with Gasteiger partial charge in [-0.15, -0.1) is 0 Å². The van der Waals surface area contributed by atoms with Gasteiger partial charge in [-0.1, -0.05) is 0 Å². The molecule has 1 aromatic carbocycles. The molecule has 0 aliphatic rings. The van der Waals surface area contributed by atoms with Crippen molar-refractivity contribution in [1.82, 2.24) is 4.90 Å². The van der Waals surface area contributed by atoms with Crippen LogP contribution in [0.1, 0.15) is 11.1 Å². The van der Waals surface area contributed by atoms with Crippen LogP contribution in [0, 0.1) is 6.92 Å². The first-order valence-corrected chi connectivity index (χ1v) is 5.22. The number of methoxy groups -OCH3 is 2. The molecule has 0 unspecified atom stereocenters. The highest BCUT2D eigenvalue weighted by Gasteiger charge is 2.13. The number of nitrogens with two attached hydrogens (primary N) is 1. The summed E-state index contributed by atoms with van der Waals surface area (Å²) in [6.45, 7) is 2.31. The molecule has 94 valence electrons. The van der Waals surface area contributed by atoms with Gasteiger partial charge >= 0.3 is 6.03 Å². The Hall–Kier alpha value is -1.91. The van der Waals surface area contributed by atoms with Crippen molar-refractivity contribution >= 4 is 6.03 Å². The molecule has 0 radical (unpaired) electrons. The summed E-state index contributed by atoms with van der Waals surface area (Å²) in [6, 6.07) is 3.24. The molecule has 0 bridgehead atoms. The maximum Gasteiger partial charge on any atom is 0.314 e. The van der Waals surface area contributed by atoms with Crippen LogP contribution in [-0.2, 0) is 6.54 Å². The average Bonchev–Trinajstić information content (AvgIpc) is 2.29. The summed E-state index contributed by atoms with van der Waals surface area (Å²) in [5, 5.41) is 0. The maximum absolute atomic E-state index is 11.0. The summed E-state index contributed by atoms with van der Waals surface area (Å²) in [4.78, 5) is 12.4. The Morgan fingerprint density at radius 3 is 2.47 bits per heavy atom. The van der Waals surface area contributed by atoms with Crippen LogP contribution in [0.3, 0.4) is 0 Å². The summed E-state index contributed by atoms with van der Waals surface area (Å²) in [6.07, 6.45) is 0. The Kier molecular flexibility index (Phi) is 4.20. The van der Waals surface area contributed by atoms with Gasteiger partial charge in [0.2, 0.25) is 0 Å². The molecule has 17 heavy (non-hydrogen) atoms. The van der Waals surface area contributed by atoms with E-state index in [1.165, 1.54) is 4.90 Å². The maximum atomic E-state index is 11.0. The zero-order valence-corrected chi connectivity index (χ0v) is 10.6. The summed E-state index contributed by atoms with van der Waals surface area (Å²) in [7, 11) is 4.84. The Labute approximate surface area is 101 Å². The van der Waals surface area contributed by atoms with Crippen molar-refractivity contribution in [3.63, 3.8) is 0 Å². The van der Waals surface area contributed by atoms with Gasteiger partial charge in [0.25, 0.3) is 0 Å². The highest BCUT2D eigenvalue weighted by Crippen LogP contribution is 2.31. The van der Waals surface area contributed by atoms with Gasteiger partial charge in [0.1, 0.15) is 11.5 Å². The van der Waals surface area contributed by atoms with Gasteiger partial charge in [0.15, 0.2) is 0 Å². The minimum absolute atomic E-state index is 0.406. The summed E-state index contributed by atoms with van der Waals surface area (Å²) in [5.41, 5.74) is 6.99. The number of hydrogen-bond acceptors (Lipinski definition) is 3. The number of benzene rings is 1. The molecule has 1 rings (SSSR count). The van der Waals surface area contributed by atoms with Crippen LogP contribution in [-0.4, -0.2) is 32.2 Å². The highest BCUT2D eigenvalue weighted by molar-refractivity contribution is 5.71. The fourth-order valence-electron chi connectivity index (χ4n) is 1.69. The lowest BCUT2D eigenvalue weighted by molar-refractivity contribution is 0.216. The molecular formula is C12H18N2O3. The van der Waals surface area contributed by atoms with Crippen molar-refractivity contribution in [2.75, 3.05) is 21.3 Å². The van der Waals surface area contributed by atoms with E-state index < -0.39 is 6.03 Å². The van der Waals surface area contributed by atoms with Gasteiger partial charge in [-0.25, -0.2) is 4.79 Å². The predicted octanol–water partition coefficient (Wildman–Crippen LogP) is 1.52. The van der Waals surface area contributed by atoms with E-state index in [1.807, 2.05) is 19.1 Å². The molecule has 0 saturated heterocycles. The second-order valence-corrected chi connectivity index (χ2v) is 3.78. The summed E-state index contributed by atoms with van der Waals surface area (Å²) >= 11 is 0. The number of nitrogens with zero attached hydrogens (tertiary/aromatic N) is 1. The smallest absolute Gasteiger partial charge is 0.314 e. The van der Waals surface area contributed by atoms with E-state index in [2.05, 4.69) is 0 Å². The molecule has 2 amide bonds. The number of rotatable bonds is 4. The third-order valence-electron chi connectivity index (χ3n) is 2.65. The Morgan fingerprint density at radius 1 is 1.35 bits per heavy atom. The average molecular weight is 238 g/mol. The first-order valence-electron chi connectivity index (χ1n) is 5.22. The number of carbonyl (C=O) groups is 1. The highest BCUT2D eigenvalue weighted by atomic mass is 16.5. The van der Waals surface area contributed by atoms with E-state index in [0.29, 0.717) is 6.54 Å². The quantitative estimate of drug-likeness (QED) is 0.865. The van der Waals surface area contributed by atoms with E-state index in [0.717, 1.165) is 22.6 Å². The van der Waals surface area contributed by atoms with Gasteiger partial charge in [0.05, 0.1) is 20.8 Å². The lowest BCUT2D eigenvalue weighted by Crippen LogP contribution is -2.31. The number of hydrogen-bond donors (Lipinski definition) is 1. The van der Waals surface area contributed by atoms with Crippen molar-refractivity contribution in [2.45, 2.75) is 13.5 Å². The summed E-state index contributed by atoms with van der Waals surface area (Å²) in [5.74, 6) is 1.48. The fraction of sp³-hybridized carbons (Fsp3) is 0.417. The monoisotopic (exact) mass is 238 g/mol. The molecule has 0 saturated carbocycles. The first kappa shape index (κ1) is 13.2. The lowest BCUT2D eigenvalue weighted by Gasteiger charge is -2.18. The minimum Gasteiger partial charge on any atom is -0.496 e. The van der Waals surface area contributed by atoms with Gasteiger partial charge in [-0.3, -0.25) is 0 Å². The Bertz CT molecular complexity index is 418. The second kappa shape index (κ2) is 5.43. The third-order valence-corrected chi connectivity index (χ3v) is 2.65. The molecule has 0 atom stereocenters. The standard InChI is InChI=1S/C12H18N2O3/c1-8-10(16-3)6-5-9(11(8)17-4)7-14(2)12(13)15/h5-6H,7H2,1-4H3,(H2,13,15). The van der Waals surface area contributed by atoms with Crippen LogP contribution in [0.5, 0.6) is 11.5 Å². The Morgan fingerprint density at radius 2 is 2.00 bits per heavy atom. The van der Waals surface area contributed by atoms with E-state index in [9.17, 15) is 4.79 Å². The fourth-order valence-corrected chi connectivity index (χ4v) is 1.69. The van der Waals surface area contributed by atoms with Gasteiger partial charge in [-0.2, -0.15) is 0 Å². The second-order valence-electron chi connectivity index (χ2n) is 3.78. The van der Waals surface area contributed by atoms with Crippen molar-refractivity contribution in [3.8, 4) is 11.5 Å². The normalized spacial score (nSPS) is 9.88. The molecule has 0 aromatic heterocycles. The molecule has 0 aliphatic heterocycles. The molecule has 0 aliphatic carbocycles. The molecule has 5 nitrogen and oxygen atoms in total. The van der Waals surface area contributed by atoms with Crippen molar-refractivity contribution in [3.05, 3.63) is 23.3 Å². The van der Waals surface area contributed by atoms with E-state index in [1.54, 1.807) is 21.3 Å². The number of carbonyl (C=O) groups excluding carboxylic acids is 1. The SMILES string of the molecule is COc1ccc(CN(C)C(N)=O)c(OC)c1C.